The maximum Gasteiger partial charge on any atom is 0.211 e. The summed E-state index contributed by atoms with van der Waals surface area (Å²) in [7, 11) is -6.65. The Morgan fingerprint density at radius 1 is 0.674 bits per heavy atom. The maximum atomic E-state index is 14.4. The molecule has 0 aliphatic carbocycles. The average molecular weight is 659 g/mol. The highest BCUT2D eigenvalue weighted by Gasteiger charge is 2.54. The first-order chi connectivity index (χ1) is 22.3. The second-order valence-electron chi connectivity index (χ2n) is 11.8. The highest BCUT2D eigenvalue weighted by atomic mass is 32.2. The Morgan fingerprint density at radius 3 is 1.63 bits per heavy atom. The molecule has 0 aromatic heterocycles. The van der Waals surface area contributed by atoms with Crippen LogP contribution in [0.5, 0.6) is 0 Å². The number of sulfone groups is 1. The van der Waals surface area contributed by atoms with Crippen molar-refractivity contribution in [3.05, 3.63) is 150 Å². The molecule has 1 fully saturated rings. The zero-order valence-electron chi connectivity index (χ0n) is 26.3. The van der Waals surface area contributed by atoms with Crippen LogP contribution in [-0.4, -0.2) is 53.2 Å². The fourth-order valence-corrected chi connectivity index (χ4v) is 8.13. The van der Waals surface area contributed by atoms with Crippen molar-refractivity contribution in [2.45, 2.75) is 67.7 Å². The van der Waals surface area contributed by atoms with Gasteiger partial charge in [-0.1, -0.05) is 115 Å². The fraction of sp³-hybridized carbons (Fsp3) is 0.297. The van der Waals surface area contributed by atoms with Crippen molar-refractivity contribution in [2.24, 2.45) is 0 Å². The zero-order valence-corrected chi connectivity index (χ0v) is 28.1. The SMILES string of the molecule is C=C[Si](C)(C)O[C@H]1[C@@H](OCc2ccccc2)[C@H](OCc2ccccc2)[C@@H](COCc2ccccc2)O[C@@H]1S(=O)(=O)c1ccccc1. The van der Waals surface area contributed by atoms with E-state index in [-0.39, 0.29) is 24.7 Å². The number of rotatable bonds is 15. The molecule has 4 aromatic rings. The molecule has 1 aliphatic rings. The van der Waals surface area contributed by atoms with Crippen molar-refractivity contribution < 1.29 is 31.8 Å². The molecule has 242 valence electrons. The fourth-order valence-electron chi connectivity index (χ4n) is 5.32. The lowest BCUT2D eigenvalue weighted by Gasteiger charge is -2.47. The third-order valence-electron chi connectivity index (χ3n) is 7.86. The lowest BCUT2D eigenvalue weighted by Crippen LogP contribution is -2.64. The van der Waals surface area contributed by atoms with Gasteiger partial charge in [0.2, 0.25) is 18.2 Å². The highest BCUT2D eigenvalue weighted by molar-refractivity contribution is 7.92. The molecule has 9 heteroatoms. The first-order valence-electron chi connectivity index (χ1n) is 15.5. The molecule has 0 saturated carbocycles. The summed E-state index contributed by atoms with van der Waals surface area (Å²) >= 11 is 0. The van der Waals surface area contributed by atoms with Gasteiger partial charge < -0.3 is 23.4 Å². The third-order valence-corrected chi connectivity index (χ3v) is 11.6. The van der Waals surface area contributed by atoms with E-state index in [4.69, 9.17) is 23.4 Å². The molecule has 0 N–H and O–H groups in total. The molecule has 1 aliphatic heterocycles. The van der Waals surface area contributed by atoms with Gasteiger partial charge in [-0.25, -0.2) is 8.42 Å². The van der Waals surface area contributed by atoms with Crippen molar-refractivity contribution in [3.63, 3.8) is 0 Å². The summed E-state index contributed by atoms with van der Waals surface area (Å²) in [6.45, 7) is 8.83. The minimum Gasteiger partial charge on any atom is -0.404 e. The molecule has 0 spiro atoms. The molecular formula is C37H42O7SSi. The molecule has 4 aromatic carbocycles. The molecule has 0 bridgehead atoms. The van der Waals surface area contributed by atoms with E-state index in [0.29, 0.717) is 6.61 Å². The summed E-state index contributed by atoms with van der Waals surface area (Å²) in [6.07, 6.45) is -3.34. The Labute approximate surface area is 273 Å². The second kappa shape index (κ2) is 15.9. The van der Waals surface area contributed by atoms with Gasteiger partial charge in [-0.15, -0.1) is 6.58 Å². The molecule has 7 nitrogen and oxygen atoms in total. The third kappa shape index (κ3) is 8.89. The van der Waals surface area contributed by atoms with Crippen LogP contribution in [0, 0.1) is 0 Å². The highest BCUT2D eigenvalue weighted by Crippen LogP contribution is 2.36. The number of ether oxygens (including phenoxy) is 4. The Hall–Kier alpha value is -3.41. The van der Waals surface area contributed by atoms with Crippen LogP contribution < -0.4 is 0 Å². The maximum absolute atomic E-state index is 14.4. The van der Waals surface area contributed by atoms with Crippen molar-refractivity contribution >= 4 is 18.2 Å². The van der Waals surface area contributed by atoms with Gasteiger partial charge in [0.1, 0.15) is 24.4 Å². The van der Waals surface area contributed by atoms with Crippen LogP contribution in [0.25, 0.3) is 0 Å². The molecule has 5 atom stereocenters. The van der Waals surface area contributed by atoms with E-state index in [1.165, 1.54) is 0 Å². The summed E-state index contributed by atoms with van der Waals surface area (Å²) in [4.78, 5) is 0.140. The van der Waals surface area contributed by atoms with E-state index in [1.807, 2.05) is 104 Å². The first-order valence-corrected chi connectivity index (χ1v) is 20.0. The topological polar surface area (TPSA) is 80.3 Å². The van der Waals surface area contributed by atoms with E-state index in [0.717, 1.165) is 16.7 Å². The summed E-state index contributed by atoms with van der Waals surface area (Å²) in [6, 6.07) is 37.7. The molecule has 0 amide bonds. The van der Waals surface area contributed by atoms with Crippen LogP contribution in [0.4, 0.5) is 0 Å². The van der Waals surface area contributed by atoms with Crippen LogP contribution >= 0.6 is 0 Å². The number of hydrogen-bond donors (Lipinski definition) is 0. The smallest absolute Gasteiger partial charge is 0.211 e. The minimum atomic E-state index is -4.06. The van der Waals surface area contributed by atoms with Crippen LogP contribution in [0.3, 0.4) is 0 Å². The standard InChI is InChI=1S/C37H42O7SSi/c1-4-46(2,3)44-36-35(42-27-31-21-13-7-14-22-31)34(41-26-30-19-11-6-12-20-30)33(28-40-25-29-17-9-5-10-18-29)43-37(36)45(38,39)32-23-15-8-16-24-32/h4-24,33-37H,1,25-28H2,2-3H3/t33-,34-,35+,36+,37-/m1/s1. The van der Waals surface area contributed by atoms with Crippen molar-refractivity contribution in [2.75, 3.05) is 6.61 Å². The molecule has 1 heterocycles. The van der Waals surface area contributed by atoms with Crippen LogP contribution in [0.1, 0.15) is 16.7 Å². The molecule has 5 rings (SSSR count). The van der Waals surface area contributed by atoms with E-state index in [1.54, 1.807) is 36.0 Å². The Morgan fingerprint density at radius 2 is 1.13 bits per heavy atom. The van der Waals surface area contributed by atoms with Gasteiger partial charge in [0.25, 0.3) is 0 Å². The van der Waals surface area contributed by atoms with Gasteiger partial charge in [-0.05, 0) is 41.9 Å². The number of hydrogen-bond acceptors (Lipinski definition) is 7. The van der Waals surface area contributed by atoms with Gasteiger partial charge in [0.05, 0.1) is 31.3 Å². The summed E-state index contributed by atoms with van der Waals surface area (Å²) < 4.78 is 61.5. The first kappa shape index (κ1) is 33.9. The zero-order chi connectivity index (χ0) is 32.4. The van der Waals surface area contributed by atoms with Crippen LogP contribution in [0.15, 0.2) is 139 Å². The van der Waals surface area contributed by atoms with Gasteiger partial charge in [-0.3, -0.25) is 0 Å². The van der Waals surface area contributed by atoms with Crippen molar-refractivity contribution in [3.8, 4) is 0 Å². The molecule has 46 heavy (non-hydrogen) atoms. The molecule has 1 saturated heterocycles. The quantitative estimate of drug-likeness (QED) is 0.129. The van der Waals surface area contributed by atoms with Gasteiger partial charge >= 0.3 is 0 Å². The lowest BCUT2D eigenvalue weighted by molar-refractivity contribution is -0.240. The van der Waals surface area contributed by atoms with Crippen LogP contribution in [0.2, 0.25) is 13.1 Å². The Bertz CT molecular complexity index is 1600. The van der Waals surface area contributed by atoms with E-state index in [9.17, 15) is 8.42 Å². The predicted molar refractivity (Wildman–Crippen MR) is 181 cm³/mol. The van der Waals surface area contributed by atoms with E-state index in [2.05, 4.69) is 6.58 Å². The van der Waals surface area contributed by atoms with E-state index >= 15 is 0 Å². The molecule has 0 unspecified atom stereocenters. The molecular weight excluding hydrogens is 617 g/mol. The lowest BCUT2D eigenvalue weighted by atomic mass is 9.99. The van der Waals surface area contributed by atoms with Gasteiger partial charge in [0.15, 0.2) is 5.44 Å². The van der Waals surface area contributed by atoms with Crippen molar-refractivity contribution in [1.82, 2.24) is 0 Å². The summed E-state index contributed by atoms with van der Waals surface area (Å²) in [5, 5.41) is 0. The van der Waals surface area contributed by atoms with Crippen LogP contribution in [-0.2, 0) is 53.0 Å². The van der Waals surface area contributed by atoms with Gasteiger partial charge in [-0.2, -0.15) is 0 Å². The normalized spacial score (nSPS) is 21.9. The predicted octanol–water partition coefficient (Wildman–Crippen LogP) is 6.89. The summed E-state index contributed by atoms with van der Waals surface area (Å²) in [5.41, 5.74) is 3.29. The summed E-state index contributed by atoms with van der Waals surface area (Å²) in [5.74, 6) is 0. The van der Waals surface area contributed by atoms with E-state index < -0.39 is 48.0 Å². The Balaban J connectivity index is 1.55. The Kier molecular flexibility index (Phi) is 11.7. The second-order valence-corrected chi connectivity index (χ2v) is 17.7. The van der Waals surface area contributed by atoms with Gasteiger partial charge in [0, 0.05) is 0 Å². The average Bonchev–Trinajstić information content (AvgIpc) is 3.09. The monoisotopic (exact) mass is 658 g/mol. The largest absolute Gasteiger partial charge is 0.404 e. The molecule has 0 radical (unpaired) electrons. The van der Waals surface area contributed by atoms with Crippen molar-refractivity contribution in [1.29, 1.82) is 0 Å². The minimum absolute atomic E-state index is 0.0787. The number of benzene rings is 4.